The van der Waals surface area contributed by atoms with Gasteiger partial charge in [0.15, 0.2) is 0 Å². The lowest BCUT2D eigenvalue weighted by Crippen LogP contribution is -1.93. The SMILES string of the molecule is CCO[P+](=O)C(O)c1ccccc1. The molecule has 0 bridgehead atoms. The fourth-order valence-electron chi connectivity index (χ4n) is 0.945. The van der Waals surface area contributed by atoms with Gasteiger partial charge in [0.1, 0.15) is 0 Å². The van der Waals surface area contributed by atoms with E-state index >= 15 is 0 Å². The molecule has 1 aromatic carbocycles. The molecule has 1 rings (SSSR count). The molecule has 1 N–H and O–H groups in total. The van der Waals surface area contributed by atoms with Crippen molar-refractivity contribution < 1.29 is 14.2 Å². The van der Waals surface area contributed by atoms with E-state index in [1.165, 1.54) is 0 Å². The van der Waals surface area contributed by atoms with Crippen LogP contribution in [0.5, 0.6) is 0 Å². The highest BCUT2D eigenvalue weighted by molar-refractivity contribution is 7.39. The summed E-state index contributed by atoms with van der Waals surface area (Å²) < 4.78 is 16.0. The fraction of sp³-hybridized carbons (Fsp3) is 0.333. The zero-order valence-electron chi connectivity index (χ0n) is 7.38. The van der Waals surface area contributed by atoms with E-state index in [2.05, 4.69) is 0 Å². The minimum atomic E-state index is -2.01. The molecular formula is C9H12O3P+. The van der Waals surface area contributed by atoms with E-state index in [-0.39, 0.29) is 0 Å². The first-order valence-corrected chi connectivity index (χ1v) is 5.32. The van der Waals surface area contributed by atoms with Crippen LogP contribution in [0.25, 0.3) is 0 Å². The predicted molar refractivity (Wildman–Crippen MR) is 50.6 cm³/mol. The molecule has 13 heavy (non-hydrogen) atoms. The van der Waals surface area contributed by atoms with Crippen molar-refractivity contribution in [3.63, 3.8) is 0 Å². The fourth-order valence-corrected chi connectivity index (χ4v) is 1.76. The third-order valence-corrected chi connectivity index (χ3v) is 2.76. The molecule has 70 valence electrons. The summed E-state index contributed by atoms with van der Waals surface area (Å²) in [5, 5.41) is 9.51. The van der Waals surface area contributed by atoms with Gasteiger partial charge in [-0.05, 0) is 11.5 Å². The molecule has 0 saturated carbocycles. The second kappa shape index (κ2) is 5.07. The monoisotopic (exact) mass is 199 g/mol. The van der Waals surface area contributed by atoms with E-state index in [4.69, 9.17) is 4.52 Å². The highest BCUT2D eigenvalue weighted by Crippen LogP contribution is 2.39. The number of benzene rings is 1. The molecule has 2 atom stereocenters. The Hall–Kier alpha value is -0.760. The molecule has 0 spiro atoms. The number of rotatable bonds is 4. The molecule has 0 heterocycles. The van der Waals surface area contributed by atoms with E-state index in [0.29, 0.717) is 12.2 Å². The summed E-state index contributed by atoms with van der Waals surface area (Å²) in [6.07, 6.45) is 0. The van der Waals surface area contributed by atoms with Crippen molar-refractivity contribution in [3.8, 4) is 0 Å². The van der Waals surface area contributed by atoms with E-state index in [0.717, 1.165) is 0 Å². The quantitative estimate of drug-likeness (QED) is 0.757. The van der Waals surface area contributed by atoms with Crippen LogP contribution in [-0.4, -0.2) is 11.7 Å². The van der Waals surface area contributed by atoms with Gasteiger partial charge in [0.2, 0.25) is 0 Å². The lowest BCUT2D eigenvalue weighted by Gasteiger charge is -1.97. The zero-order chi connectivity index (χ0) is 9.68. The normalized spacial score (nSPS) is 13.8. The molecule has 2 unspecified atom stereocenters. The van der Waals surface area contributed by atoms with Crippen molar-refractivity contribution in [2.45, 2.75) is 12.8 Å². The third-order valence-electron chi connectivity index (χ3n) is 1.55. The number of aliphatic hydroxyl groups excluding tert-OH is 1. The summed E-state index contributed by atoms with van der Waals surface area (Å²) in [5.74, 6) is -1.02. The summed E-state index contributed by atoms with van der Waals surface area (Å²) in [6.45, 7) is 2.09. The van der Waals surface area contributed by atoms with Crippen LogP contribution in [0.2, 0.25) is 0 Å². The summed E-state index contributed by atoms with van der Waals surface area (Å²) in [6, 6.07) is 8.85. The van der Waals surface area contributed by atoms with Crippen molar-refractivity contribution in [1.29, 1.82) is 0 Å². The van der Waals surface area contributed by atoms with Gasteiger partial charge in [0.05, 0.1) is 6.61 Å². The molecule has 4 heteroatoms. The van der Waals surface area contributed by atoms with Crippen LogP contribution in [-0.2, 0) is 9.09 Å². The summed E-state index contributed by atoms with van der Waals surface area (Å²) in [4.78, 5) is 0. The van der Waals surface area contributed by atoms with Crippen LogP contribution in [0.3, 0.4) is 0 Å². The van der Waals surface area contributed by atoms with Gasteiger partial charge in [-0.15, -0.1) is 4.52 Å². The largest absolute Gasteiger partial charge is 0.545 e. The van der Waals surface area contributed by atoms with Crippen LogP contribution in [0, 0.1) is 0 Å². The summed E-state index contributed by atoms with van der Waals surface area (Å²) in [7, 11) is -2.01. The Morgan fingerprint density at radius 2 is 2.08 bits per heavy atom. The topological polar surface area (TPSA) is 46.5 Å². The van der Waals surface area contributed by atoms with Crippen LogP contribution in [0.1, 0.15) is 18.3 Å². The summed E-state index contributed by atoms with van der Waals surface area (Å²) >= 11 is 0. The molecule has 0 fully saturated rings. The number of hydrogen-bond donors (Lipinski definition) is 1. The smallest absolute Gasteiger partial charge is 0.345 e. The Balaban J connectivity index is 2.68. The first kappa shape index (κ1) is 10.3. The van der Waals surface area contributed by atoms with Crippen molar-refractivity contribution in [2.24, 2.45) is 0 Å². The first-order valence-electron chi connectivity index (χ1n) is 4.08. The van der Waals surface area contributed by atoms with E-state index < -0.39 is 13.9 Å². The van der Waals surface area contributed by atoms with Crippen molar-refractivity contribution >= 4 is 8.03 Å². The van der Waals surface area contributed by atoms with E-state index in [1.807, 2.05) is 6.07 Å². The Bertz CT molecular complexity index is 273. The minimum absolute atomic E-state index is 0.346. The van der Waals surface area contributed by atoms with Gasteiger partial charge < -0.3 is 5.11 Å². The predicted octanol–water partition coefficient (Wildman–Crippen LogP) is 2.46. The highest BCUT2D eigenvalue weighted by atomic mass is 31.1. The first-order chi connectivity index (χ1) is 6.25. The second-order valence-corrected chi connectivity index (χ2v) is 3.81. The second-order valence-electron chi connectivity index (χ2n) is 2.49. The van der Waals surface area contributed by atoms with Crippen LogP contribution >= 0.6 is 8.03 Å². The van der Waals surface area contributed by atoms with Crippen molar-refractivity contribution in [3.05, 3.63) is 35.9 Å². The minimum Gasteiger partial charge on any atom is -0.345 e. The Morgan fingerprint density at radius 3 is 2.62 bits per heavy atom. The van der Waals surface area contributed by atoms with E-state index in [1.54, 1.807) is 31.2 Å². The third kappa shape index (κ3) is 2.88. The molecule has 1 aromatic rings. The molecule has 0 aromatic heterocycles. The maximum Gasteiger partial charge on any atom is 0.545 e. The number of aliphatic hydroxyl groups is 1. The van der Waals surface area contributed by atoms with Gasteiger partial charge in [0, 0.05) is 5.56 Å². The standard InChI is InChI=1S/C9H12O3P/c1-2-12-13(11)9(10)8-6-4-3-5-7-8/h3-7,9-10H,2H2,1H3/q+1. The Labute approximate surface area is 78.2 Å². The van der Waals surface area contributed by atoms with Crippen LogP contribution < -0.4 is 0 Å². The van der Waals surface area contributed by atoms with Crippen molar-refractivity contribution in [2.75, 3.05) is 6.61 Å². The molecule has 3 nitrogen and oxygen atoms in total. The molecule has 0 aliphatic rings. The van der Waals surface area contributed by atoms with Crippen molar-refractivity contribution in [1.82, 2.24) is 0 Å². The van der Waals surface area contributed by atoms with Gasteiger partial charge in [-0.3, -0.25) is 0 Å². The Morgan fingerprint density at radius 1 is 1.46 bits per heavy atom. The van der Waals surface area contributed by atoms with Gasteiger partial charge in [-0.25, -0.2) is 0 Å². The summed E-state index contributed by atoms with van der Waals surface area (Å²) in [5.41, 5.74) is 0.622. The zero-order valence-corrected chi connectivity index (χ0v) is 8.28. The van der Waals surface area contributed by atoms with Crippen LogP contribution in [0.4, 0.5) is 0 Å². The molecule has 0 saturated heterocycles. The average molecular weight is 199 g/mol. The lowest BCUT2D eigenvalue weighted by molar-refractivity contribution is 0.225. The molecule has 0 aliphatic carbocycles. The van der Waals surface area contributed by atoms with Gasteiger partial charge in [-0.2, -0.15) is 0 Å². The average Bonchev–Trinajstić information content (AvgIpc) is 2.18. The van der Waals surface area contributed by atoms with Crippen LogP contribution in [0.15, 0.2) is 30.3 Å². The maximum absolute atomic E-state index is 11.2. The molecule has 0 amide bonds. The number of hydrogen-bond acceptors (Lipinski definition) is 3. The molecular weight excluding hydrogens is 187 g/mol. The van der Waals surface area contributed by atoms with E-state index in [9.17, 15) is 9.67 Å². The molecule has 0 radical (unpaired) electrons. The maximum atomic E-state index is 11.2. The van der Waals surface area contributed by atoms with Gasteiger partial charge >= 0.3 is 13.9 Å². The lowest BCUT2D eigenvalue weighted by atomic mass is 10.2. The Kier molecular flexibility index (Phi) is 4.03. The van der Waals surface area contributed by atoms with Gasteiger partial charge in [0.25, 0.3) is 0 Å². The molecule has 0 aliphatic heterocycles. The van der Waals surface area contributed by atoms with Gasteiger partial charge in [-0.1, -0.05) is 30.3 Å². The highest BCUT2D eigenvalue weighted by Gasteiger charge is 2.31.